The number of para-hydroxylation sites is 1. The zero-order valence-electron chi connectivity index (χ0n) is 17.5. The average Bonchev–Trinajstić information content (AvgIpc) is 3.27. The normalized spacial score (nSPS) is 11.6. The number of furan rings is 1. The minimum absolute atomic E-state index is 0.00840. The Morgan fingerprint density at radius 1 is 1.00 bits per heavy atom. The van der Waals surface area contributed by atoms with E-state index in [-0.39, 0.29) is 33.5 Å². The van der Waals surface area contributed by atoms with Gasteiger partial charge in [0.05, 0.1) is 17.8 Å². The largest absolute Gasteiger partial charge is 0.463 e. The van der Waals surface area contributed by atoms with E-state index >= 15 is 0 Å². The summed E-state index contributed by atoms with van der Waals surface area (Å²) in [5.41, 5.74) is -0.829. The van der Waals surface area contributed by atoms with Crippen LogP contribution in [0.25, 0.3) is 5.70 Å². The monoisotopic (exact) mass is 491 g/mol. The quantitative estimate of drug-likeness (QED) is 0.277. The zero-order valence-corrected chi connectivity index (χ0v) is 18.3. The van der Waals surface area contributed by atoms with Crippen molar-refractivity contribution in [3.8, 4) is 0 Å². The first-order valence-corrected chi connectivity index (χ1v) is 9.95. The number of hydrogen-bond acceptors (Lipinski definition) is 6. The van der Waals surface area contributed by atoms with Gasteiger partial charge in [0.15, 0.2) is 0 Å². The van der Waals surface area contributed by atoms with Crippen molar-refractivity contribution >= 4 is 46.5 Å². The highest BCUT2D eigenvalue weighted by Gasteiger charge is 2.33. The summed E-state index contributed by atoms with van der Waals surface area (Å²) < 4.78 is 48.6. The summed E-state index contributed by atoms with van der Waals surface area (Å²) in [6, 6.07) is 14.7. The zero-order chi connectivity index (χ0) is 24.9. The molecule has 176 valence electrons. The fraction of sp³-hybridized carbons (Fsp3) is 0.0870. The first-order valence-electron chi connectivity index (χ1n) is 9.57. The molecule has 34 heavy (non-hydrogen) atoms. The number of rotatable bonds is 7. The molecule has 7 nitrogen and oxygen atoms in total. The van der Waals surface area contributed by atoms with E-state index in [2.05, 4.69) is 15.4 Å². The van der Waals surface area contributed by atoms with Crippen molar-refractivity contribution in [3.05, 3.63) is 88.6 Å². The van der Waals surface area contributed by atoms with E-state index in [4.69, 9.17) is 21.4 Å². The van der Waals surface area contributed by atoms with Crippen LogP contribution in [-0.4, -0.2) is 30.9 Å². The lowest BCUT2D eigenvalue weighted by atomic mass is 10.1. The molecular weight excluding hydrogens is 475 g/mol. The molecule has 0 saturated heterocycles. The van der Waals surface area contributed by atoms with E-state index in [0.717, 1.165) is 0 Å². The van der Waals surface area contributed by atoms with E-state index < -0.39 is 23.8 Å². The third-order valence-corrected chi connectivity index (χ3v) is 4.75. The van der Waals surface area contributed by atoms with Gasteiger partial charge in [0, 0.05) is 17.3 Å². The lowest BCUT2D eigenvalue weighted by molar-refractivity contribution is -0.0583. The second-order valence-electron chi connectivity index (χ2n) is 6.76. The fourth-order valence-electron chi connectivity index (χ4n) is 2.73. The van der Waals surface area contributed by atoms with Gasteiger partial charge in [-0.05, 0) is 42.0 Å². The van der Waals surface area contributed by atoms with Crippen LogP contribution >= 0.6 is 11.6 Å². The molecule has 1 heterocycles. The third kappa shape index (κ3) is 6.04. The standard InChI is InChI=1S/C23H17ClF3N3O4/c1-33-22(32)18-10-11-20(34-18)30-21(31)14-8-6-13(7-9-14)17(12-19(28)23(25,26)27)29-16-5-3-2-4-15(16)24/h2-12,28-29H,1H3,(H,30,31)/b17-12-,28-19?. The van der Waals surface area contributed by atoms with Gasteiger partial charge in [-0.2, -0.15) is 13.2 Å². The van der Waals surface area contributed by atoms with Gasteiger partial charge in [-0.1, -0.05) is 35.9 Å². The molecule has 0 aliphatic carbocycles. The summed E-state index contributed by atoms with van der Waals surface area (Å²) in [6.07, 6.45) is -4.21. The molecule has 0 unspecified atom stereocenters. The van der Waals surface area contributed by atoms with Crippen LogP contribution in [0, 0.1) is 5.41 Å². The van der Waals surface area contributed by atoms with Gasteiger partial charge in [-0.25, -0.2) is 4.79 Å². The smallest absolute Gasteiger partial charge is 0.432 e. The molecule has 3 aromatic rings. The Bertz CT molecular complexity index is 1250. The lowest BCUT2D eigenvalue weighted by Gasteiger charge is -2.15. The number of halogens is 4. The number of hydrogen-bond donors (Lipinski definition) is 3. The van der Waals surface area contributed by atoms with Gasteiger partial charge in [0.1, 0.15) is 5.71 Å². The van der Waals surface area contributed by atoms with E-state index in [1.807, 2.05) is 0 Å². The van der Waals surface area contributed by atoms with Crippen molar-refractivity contribution in [1.82, 2.24) is 0 Å². The summed E-state index contributed by atoms with van der Waals surface area (Å²) in [6.45, 7) is 0. The number of anilines is 2. The highest BCUT2D eigenvalue weighted by atomic mass is 35.5. The molecule has 3 N–H and O–H groups in total. The summed E-state index contributed by atoms with van der Waals surface area (Å²) in [5.74, 6) is -1.38. The third-order valence-electron chi connectivity index (χ3n) is 4.42. The Kier molecular flexibility index (Phi) is 7.42. The van der Waals surface area contributed by atoms with E-state index in [1.54, 1.807) is 24.3 Å². The maximum atomic E-state index is 13.0. The summed E-state index contributed by atoms with van der Waals surface area (Å²) in [4.78, 5) is 23.9. The first kappa shape index (κ1) is 24.6. The SMILES string of the molecule is COC(=O)c1ccc(NC(=O)c2ccc(/C(=C/C(=N)C(F)(F)F)Nc3ccccc3Cl)cc2)o1. The Balaban J connectivity index is 1.84. The number of esters is 1. The van der Waals surface area contributed by atoms with Crippen LogP contribution in [0.3, 0.4) is 0 Å². The van der Waals surface area contributed by atoms with Gasteiger partial charge in [0.25, 0.3) is 5.91 Å². The number of alkyl halides is 3. The second-order valence-corrected chi connectivity index (χ2v) is 7.17. The highest BCUT2D eigenvalue weighted by molar-refractivity contribution is 6.33. The van der Waals surface area contributed by atoms with Crippen molar-refractivity contribution in [2.24, 2.45) is 0 Å². The van der Waals surface area contributed by atoms with Crippen LogP contribution in [0.2, 0.25) is 5.02 Å². The molecule has 0 bridgehead atoms. The van der Waals surface area contributed by atoms with Gasteiger partial charge >= 0.3 is 12.1 Å². The number of methoxy groups -OCH3 is 1. The molecule has 0 atom stereocenters. The predicted octanol–water partition coefficient (Wildman–Crippen LogP) is 6.01. The van der Waals surface area contributed by atoms with Crippen LogP contribution in [0.5, 0.6) is 0 Å². The topological polar surface area (TPSA) is 104 Å². The summed E-state index contributed by atoms with van der Waals surface area (Å²) in [5, 5.41) is 12.9. The maximum Gasteiger partial charge on any atom is 0.432 e. The molecule has 0 saturated carbocycles. The van der Waals surface area contributed by atoms with E-state index in [9.17, 15) is 22.8 Å². The fourth-order valence-corrected chi connectivity index (χ4v) is 2.91. The molecular formula is C23H17ClF3N3O4. The Morgan fingerprint density at radius 2 is 1.65 bits per heavy atom. The highest BCUT2D eigenvalue weighted by Crippen LogP contribution is 2.27. The van der Waals surface area contributed by atoms with E-state index in [0.29, 0.717) is 11.8 Å². The van der Waals surface area contributed by atoms with Gasteiger partial charge in [0.2, 0.25) is 11.6 Å². The Hall–Kier alpha value is -4.05. The molecule has 0 aliphatic heterocycles. The van der Waals surface area contributed by atoms with Crippen molar-refractivity contribution in [3.63, 3.8) is 0 Å². The summed E-state index contributed by atoms with van der Waals surface area (Å²) >= 11 is 6.10. The number of carbonyl (C=O) groups excluding carboxylic acids is 2. The molecule has 0 spiro atoms. The van der Waals surface area contributed by atoms with Crippen LogP contribution in [0.1, 0.15) is 26.5 Å². The first-order chi connectivity index (χ1) is 16.1. The number of carbonyl (C=O) groups is 2. The second kappa shape index (κ2) is 10.3. The maximum absolute atomic E-state index is 13.0. The average molecular weight is 492 g/mol. The Morgan fingerprint density at radius 3 is 2.26 bits per heavy atom. The number of allylic oxidation sites excluding steroid dienone is 1. The van der Waals surface area contributed by atoms with Gasteiger partial charge in [-0.3, -0.25) is 15.5 Å². The minimum atomic E-state index is -4.85. The predicted molar refractivity (Wildman–Crippen MR) is 121 cm³/mol. The molecule has 2 aromatic carbocycles. The lowest BCUT2D eigenvalue weighted by Crippen LogP contribution is -2.20. The van der Waals surface area contributed by atoms with Crippen molar-refractivity contribution in [2.45, 2.75) is 6.18 Å². The molecule has 11 heteroatoms. The van der Waals surface area contributed by atoms with Crippen LogP contribution < -0.4 is 10.6 Å². The Labute approximate surface area is 196 Å². The minimum Gasteiger partial charge on any atom is -0.463 e. The number of ether oxygens (including phenoxy) is 1. The molecule has 0 fully saturated rings. The van der Waals surface area contributed by atoms with Gasteiger partial charge < -0.3 is 14.5 Å². The van der Waals surface area contributed by atoms with Crippen LogP contribution in [0.4, 0.5) is 24.7 Å². The van der Waals surface area contributed by atoms with Crippen LogP contribution in [-0.2, 0) is 4.74 Å². The molecule has 1 aromatic heterocycles. The van der Waals surface area contributed by atoms with Crippen molar-refractivity contribution < 1.29 is 31.9 Å². The summed E-state index contributed by atoms with van der Waals surface area (Å²) in [7, 11) is 1.18. The van der Waals surface area contributed by atoms with Gasteiger partial charge in [-0.15, -0.1) is 0 Å². The van der Waals surface area contributed by atoms with Crippen molar-refractivity contribution in [2.75, 3.05) is 17.7 Å². The van der Waals surface area contributed by atoms with Crippen molar-refractivity contribution in [1.29, 1.82) is 5.41 Å². The number of nitrogens with one attached hydrogen (secondary N) is 3. The number of benzene rings is 2. The van der Waals surface area contributed by atoms with E-state index in [1.165, 1.54) is 43.5 Å². The molecule has 3 rings (SSSR count). The molecule has 0 aliphatic rings. The number of amides is 1. The molecule has 0 radical (unpaired) electrons. The van der Waals surface area contributed by atoms with Crippen LogP contribution in [0.15, 0.2) is 71.2 Å². The molecule has 1 amide bonds.